The molecular weight excluding hydrogens is 321 g/mol. The molecule has 1 aromatic carbocycles. The van der Waals surface area contributed by atoms with Crippen LogP contribution in [0.5, 0.6) is 5.75 Å². The molecule has 1 unspecified atom stereocenters. The van der Waals surface area contributed by atoms with Crippen LogP contribution in [0, 0.1) is 0 Å². The third kappa shape index (κ3) is 5.08. The lowest BCUT2D eigenvalue weighted by atomic mass is 10.2. The lowest BCUT2D eigenvalue weighted by Gasteiger charge is -2.20. The largest absolute Gasteiger partial charge is 0.480 e. The molecule has 21 heavy (non-hydrogen) atoms. The molecular formula is C13H15Cl2NO5. The highest BCUT2D eigenvalue weighted by molar-refractivity contribution is 6.35. The van der Waals surface area contributed by atoms with Gasteiger partial charge in [0.25, 0.3) is 5.91 Å². The molecule has 0 aliphatic carbocycles. The number of aliphatic hydroxyl groups excluding tert-OH is 1. The SMILES string of the molecule is CC(Oc1ccc(Cl)cc1Cl)C(=O)N[C@H](C(=O)O)[C@@H](C)O. The Hall–Kier alpha value is -1.50. The maximum atomic E-state index is 11.9. The molecule has 0 fully saturated rings. The van der Waals surface area contributed by atoms with Crippen LogP contribution in [0.1, 0.15) is 13.8 Å². The van der Waals surface area contributed by atoms with Crippen molar-refractivity contribution < 1.29 is 24.5 Å². The number of halogens is 2. The molecule has 6 nitrogen and oxygen atoms in total. The number of hydrogen-bond acceptors (Lipinski definition) is 4. The van der Waals surface area contributed by atoms with Crippen molar-refractivity contribution >= 4 is 35.1 Å². The van der Waals surface area contributed by atoms with Crippen molar-refractivity contribution in [3.05, 3.63) is 28.2 Å². The molecule has 0 bridgehead atoms. The molecule has 8 heteroatoms. The molecule has 0 saturated carbocycles. The Morgan fingerprint density at radius 3 is 2.38 bits per heavy atom. The van der Waals surface area contributed by atoms with Crippen LogP contribution in [-0.4, -0.2) is 40.3 Å². The average Bonchev–Trinajstić information content (AvgIpc) is 2.37. The number of hydrogen-bond donors (Lipinski definition) is 3. The van der Waals surface area contributed by atoms with E-state index in [0.717, 1.165) is 0 Å². The molecule has 1 rings (SSSR count). The smallest absolute Gasteiger partial charge is 0.328 e. The Kier molecular flexibility index (Phi) is 6.26. The lowest BCUT2D eigenvalue weighted by molar-refractivity contribution is -0.145. The predicted octanol–water partition coefficient (Wildman–Crippen LogP) is 1.71. The van der Waals surface area contributed by atoms with Gasteiger partial charge in [-0.2, -0.15) is 0 Å². The van der Waals surface area contributed by atoms with Crippen molar-refractivity contribution in [3.8, 4) is 5.75 Å². The molecule has 0 heterocycles. The first kappa shape index (κ1) is 17.6. The lowest BCUT2D eigenvalue weighted by Crippen LogP contribution is -2.51. The van der Waals surface area contributed by atoms with E-state index in [1.54, 1.807) is 6.07 Å². The van der Waals surface area contributed by atoms with Crippen molar-refractivity contribution in [2.45, 2.75) is 32.1 Å². The van der Waals surface area contributed by atoms with E-state index in [1.165, 1.54) is 26.0 Å². The summed E-state index contributed by atoms with van der Waals surface area (Å²) in [6.45, 7) is 2.70. The van der Waals surface area contributed by atoms with Gasteiger partial charge in [0.05, 0.1) is 11.1 Å². The first-order chi connectivity index (χ1) is 9.72. The van der Waals surface area contributed by atoms with E-state index in [4.69, 9.17) is 33.0 Å². The Balaban J connectivity index is 2.72. The standard InChI is InChI=1S/C13H15Cl2NO5/c1-6(17)11(13(19)20)16-12(18)7(2)21-10-4-3-8(14)5-9(10)15/h3-7,11,17H,1-2H3,(H,16,18)(H,19,20)/t6-,7?,11+/m1/s1. The minimum atomic E-state index is -1.41. The van der Waals surface area contributed by atoms with Crippen LogP contribution in [0.3, 0.4) is 0 Å². The van der Waals surface area contributed by atoms with Crippen LogP contribution < -0.4 is 10.1 Å². The highest BCUT2D eigenvalue weighted by Crippen LogP contribution is 2.28. The first-order valence-corrected chi connectivity index (χ1v) is 6.81. The minimum absolute atomic E-state index is 0.229. The maximum Gasteiger partial charge on any atom is 0.328 e. The fourth-order valence-electron chi connectivity index (χ4n) is 1.47. The Labute approximate surface area is 131 Å². The van der Waals surface area contributed by atoms with Crippen molar-refractivity contribution in [3.63, 3.8) is 0 Å². The zero-order valence-corrected chi connectivity index (χ0v) is 12.9. The van der Waals surface area contributed by atoms with Crippen LogP contribution in [0.25, 0.3) is 0 Å². The van der Waals surface area contributed by atoms with Gasteiger partial charge < -0.3 is 20.3 Å². The summed E-state index contributed by atoms with van der Waals surface area (Å²) in [4.78, 5) is 22.8. The van der Waals surface area contributed by atoms with Gasteiger partial charge in [0, 0.05) is 5.02 Å². The Morgan fingerprint density at radius 2 is 1.90 bits per heavy atom. The van der Waals surface area contributed by atoms with Gasteiger partial charge in [0.2, 0.25) is 0 Å². The summed E-state index contributed by atoms with van der Waals surface area (Å²) in [6, 6.07) is 3.09. The van der Waals surface area contributed by atoms with Crippen molar-refractivity contribution in [2.75, 3.05) is 0 Å². The average molecular weight is 336 g/mol. The second kappa shape index (κ2) is 7.49. The summed E-state index contributed by atoms with van der Waals surface area (Å²) in [5.41, 5.74) is 0. The molecule has 0 aromatic heterocycles. The number of carbonyl (C=O) groups is 2. The number of amides is 1. The number of carboxylic acid groups (broad SMARTS) is 1. The number of benzene rings is 1. The van der Waals surface area contributed by atoms with E-state index in [-0.39, 0.29) is 10.8 Å². The fourth-order valence-corrected chi connectivity index (χ4v) is 1.93. The molecule has 116 valence electrons. The molecule has 1 amide bonds. The van der Waals surface area contributed by atoms with Gasteiger partial charge in [-0.05, 0) is 32.0 Å². The number of nitrogens with one attached hydrogen (secondary N) is 1. The Morgan fingerprint density at radius 1 is 1.29 bits per heavy atom. The van der Waals surface area contributed by atoms with E-state index in [2.05, 4.69) is 5.32 Å². The van der Waals surface area contributed by atoms with Gasteiger partial charge in [-0.3, -0.25) is 4.79 Å². The number of aliphatic carboxylic acids is 1. The van der Waals surface area contributed by atoms with Gasteiger partial charge in [0.15, 0.2) is 12.1 Å². The quantitative estimate of drug-likeness (QED) is 0.735. The summed E-state index contributed by atoms with van der Waals surface area (Å²) >= 11 is 11.7. The zero-order chi connectivity index (χ0) is 16.2. The second-order valence-electron chi connectivity index (χ2n) is 4.40. The summed E-state index contributed by atoms with van der Waals surface area (Å²) in [6.07, 6.45) is -2.23. The van der Waals surface area contributed by atoms with E-state index in [9.17, 15) is 14.7 Å². The van der Waals surface area contributed by atoms with Gasteiger partial charge in [0.1, 0.15) is 5.75 Å². The molecule has 0 radical (unpaired) electrons. The number of carbonyl (C=O) groups excluding carboxylic acids is 1. The topological polar surface area (TPSA) is 95.9 Å². The van der Waals surface area contributed by atoms with Gasteiger partial charge >= 0.3 is 5.97 Å². The summed E-state index contributed by atoms with van der Waals surface area (Å²) < 4.78 is 5.35. The van der Waals surface area contributed by atoms with Crippen LogP contribution in [0.15, 0.2) is 18.2 Å². The minimum Gasteiger partial charge on any atom is -0.480 e. The monoisotopic (exact) mass is 335 g/mol. The third-order valence-electron chi connectivity index (χ3n) is 2.61. The van der Waals surface area contributed by atoms with Crippen molar-refractivity contribution in [1.29, 1.82) is 0 Å². The normalized spacial score (nSPS) is 14.9. The highest BCUT2D eigenvalue weighted by atomic mass is 35.5. The molecule has 3 N–H and O–H groups in total. The maximum absolute atomic E-state index is 11.9. The first-order valence-electron chi connectivity index (χ1n) is 6.05. The van der Waals surface area contributed by atoms with E-state index in [1.807, 2.05) is 0 Å². The number of rotatable bonds is 6. The van der Waals surface area contributed by atoms with Gasteiger partial charge in [-0.15, -0.1) is 0 Å². The molecule has 1 aromatic rings. The molecule has 0 aliphatic rings. The van der Waals surface area contributed by atoms with E-state index >= 15 is 0 Å². The Bertz CT molecular complexity index is 535. The van der Waals surface area contributed by atoms with Crippen LogP contribution >= 0.6 is 23.2 Å². The number of carboxylic acids is 1. The van der Waals surface area contributed by atoms with Crippen molar-refractivity contribution in [1.82, 2.24) is 5.32 Å². The van der Waals surface area contributed by atoms with E-state index in [0.29, 0.717) is 5.02 Å². The second-order valence-corrected chi connectivity index (χ2v) is 5.24. The summed E-state index contributed by atoms with van der Waals surface area (Å²) in [7, 11) is 0. The molecule has 3 atom stereocenters. The van der Waals surface area contributed by atoms with Crippen LogP contribution in [-0.2, 0) is 9.59 Å². The van der Waals surface area contributed by atoms with Gasteiger partial charge in [-0.25, -0.2) is 4.79 Å². The van der Waals surface area contributed by atoms with Gasteiger partial charge in [-0.1, -0.05) is 23.2 Å². The molecule has 0 spiro atoms. The van der Waals surface area contributed by atoms with Crippen molar-refractivity contribution in [2.24, 2.45) is 0 Å². The highest BCUT2D eigenvalue weighted by Gasteiger charge is 2.27. The fraction of sp³-hybridized carbons (Fsp3) is 0.385. The van der Waals surface area contributed by atoms with Crippen LogP contribution in [0.2, 0.25) is 10.0 Å². The number of ether oxygens (including phenoxy) is 1. The van der Waals surface area contributed by atoms with Crippen LogP contribution in [0.4, 0.5) is 0 Å². The third-order valence-corrected chi connectivity index (χ3v) is 3.14. The predicted molar refractivity (Wildman–Crippen MR) is 77.8 cm³/mol. The molecule has 0 saturated heterocycles. The van der Waals surface area contributed by atoms with E-state index < -0.39 is 30.1 Å². The summed E-state index contributed by atoms with van der Waals surface area (Å²) in [5.74, 6) is -1.78. The number of aliphatic hydroxyl groups is 1. The molecule has 0 aliphatic heterocycles. The summed E-state index contributed by atoms with van der Waals surface area (Å²) in [5, 5.41) is 21.0. The zero-order valence-electron chi connectivity index (χ0n) is 11.3.